The second-order valence-electron chi connectivity index (χ2n) is 5.55. The van der Waals surface area contributed by atoms with E-state index in [4.69, 9.17) is 20.8 Å². The number of hydrogen-bond donors (Lipinski definition) is 2. The predicted molar refractivity (Wildman–Crippen MR) is 94.5 cm³/mol. The third-order valence-corrected chi connectivity index (χ3v) is 3.83. The van der Waals surface area contributed by atoms with E-state index in [-0.39, 0.29) is 17.1 Å². The van der Waals surface area contributed by atoms with E-state index in [1.54, 1.807) is 36.4 Å². The normalized spacial score (nSPS) is 12.7. The third kappa shape index (κ3) is 5.35. The summed E-state index contributed by atoms with van der Waals surface area (Å²) < 4.78 is 10.2. The number of ether oxygens (including phenoxy) is 1. The van der Waals surface area contributed by atoms with Gasteiger partial charge in [0.25, 0.3) is 11.8 Å². The minimum absolute atomic E-state index is 0.187. The zero-order chi connectivity index (χ0) is 19.1. The molecule has 2 rings (SSSR count). The number of carbonyl (C=O) groups excluding carboxylic acids is 3. The monoisotopic (exact) mass is 378 g/mol. The van der Waals surface area contributed by atoms with Gasteiger partial charge in [0.15, 0.2) is 6.10 Å². The first kappa shape index (κ1) is 19.5. The van der Waals surface area contributed by atoms with Gasteiger partial charge in [-0.15, -0.1) is 0 Å². The van der Waals surface area contributed by atoms with E-state index in [1.165, 1.54) is 20.1 Å². The predicted octanol–water partition coefficient (Wildman–Crippen LogP) is 2.30. The Kier molecular flexibility index (Phi) is 6.80. The Labute approximate surface area is 155 Å². The Morgan fingerprint density at radius 1 is 1.15 bits per heavy atom. The molecule has 138 valence electrons. The molecule has 0 bridgehead atoms. The van der Waals surface area contributed by atoms with Gasteiger partial charge in [0.05, 0.1) is 23.4 Å². The molecule has 1 aromatic heterocycles. The Morgan fingerprint density at radius 3 is 2.54 bits per heavy atom. The number of rotatable bonds is 7. The van der Waals surface area contributed by atoms with Gasteiger partial charge in [0, 0.05) is 0 Å². The minimum atomic E-state index is -1.02. The van der Waals surface area contributed by atoms with Gasteiger partial charge in [-0.3, -0.25) is 9.59 Å². The fourth-order valence-electron chi connectivity index (χ4n) is 2.04. The molecule has 2 atom stereocenters. The molecule has 0 saturated heterocycles. The van der Waals surface area contributed by atoms with Crippen molar-refractivity contribution in [3.8, 4) is 0 Å². The molecule has 0 spiro atoms. The summed E-state index contributed by atoms with van der Waals surface area (Å²) in [5, 5.41) is 5.35. The second kappa shape index (κ2) is 9.05. The van der Waals surface area contributed by atoms with Gasteiger partial charge in [-0.1, -0.05) is 23.7 Å². The van der Waals surface area contributed by atoms with E-state index in [0.717, 1.165) is 0 Å². The molecule has 0 aliphatic rings. The zero-order valence-electron chi connectivity index (χ0n) is 14.3. The first-order valence-corrected chi connectivity index (χ1v) is 8.32. The molecule has 0 unspecified atom stereocenters. The number of halogens is 1. The van der Waals surface area contributed by atoms with E-state index in [9.17, 15) is 14.4 Å². The van der Waals surface area contributed by atoms with Crippen molar-refractivity contribution in [3.63, 3.8) is 0 Å². The molecule has 8 heteroatoms. The number of furan rings is 1. The number of carbonyl (C=O) groups is 3. The van der Waals surface area contributed by atoms with Crippen LogP contribution >= 0.6 is 11.6 Å². The highest BCUT2D eigenvalue weighted by atomic mass is 35.5. The third-order valence-electron chi connectivity index (χ3n) is 3.50. The molecule has 2 aromatic rings. The first-order valence-electron chi connectivity index (χ1n) is 7.94. The molecule has 0 radical (unpaired) electrons. The minimum Gasteiger partial charge on any atom is -0.467 e. The van der Waals surface area contributed by atoms with Gasteiger partial charge in [0.1, 0.15) is 11.8 Å². The maximum atomic E-state index is 12.1. The summed E-state index contributed by atoms with van der Waals surface area (Å²) in [6.07, 6.45) is 0.478. The van der Waals surface area contributed by atoms with Gasteiger partial charge in [-0.2, -0.15) is 0 Å². The molecule has 2 N–H and O–H groups in total. The van der Waals surface area contributed by atoms with Gasteiger partial charge in [-0.05, 0) is 38.1 Å². The molecule has 1 heterocycles. The summed E-state index contributed by atoms with van der Waals surface area (Å²) in [5.41, 5.74) is 0.248. The van der Waals surface area contributed by atoms with Crippen molar-refractivity contribution in [2.45, 2.75) is 32.5 Å². The van der Waals surface area contributed by atoms with Gasteiger partial charge in [0.2, 0.25) is 0 Å². The summed E-state index contributed by atoms with van der Waals surface area (Å²) >= 11 is 5.95. The molecule has 0 fully saturated rings. The Morgan fingerprint density at radius 2 is 1.88 bits per heavy atom. The number of esters is 1. The van der Waals surface area contributed by atoms with Crippen LogP contribution < -0.4 is 10.6 Å². The lowest BCUT2D eigenvalue weighted by atomic mass is 10.2. The van der Waals surface area contributed by atoms with Crippen LogP contribution in [0.1, 0.15) is 30.0 Å². The van der Waals surface area contributed by atoms with Crippen molar-refractivity contribution in [1.29, 1.82) is 0 Å². The molecule has 7 nitrogen and oxygen atoms in total. The number of benzene rings is 1. The molecule has 26 heavy (non-hydrogen) atoms. The lowest BCUT2D eigenvalue weighted by Gasteiger charge is -2.17. The average Bonchev–Trinajstić information content (AvgIpc) is 3.13. The maximum Gasteiger partial charge on any atom is 0.329 e. The van der Waals surface area contributed by atoms with Gasteiger partial charge in [-0.25, -0.2) is 4.79 Å². The summed E-state index contributed by atoms with van der Waals surface area (Å²) in [7, 11) is 0. The van der Waals surface area contributed by atoms with Crippen LogP contribution in [0, 0.1) is 0 Å². The summed E-state index contributed by atoms with van der Waals surface area (Å²) in [4.78, 5) is 36.2. The smallest absolute Gasteiger partial charge is 0.329 e. The van der Waals surface area contributed by atoms with Crippen molar-refractivity contribution in [2.24, 2.45) is 0 Å². The lowest BCUT2D eigenvalue weighted by Crippen LogP contribution is -2.43. The number of amides is 2. The summed E-state index contributed by atoms with van der Waals surface area (Å²) in [6, 6.07) is 8.94. The van der Waals surface area contributed by atoms with Crippen LogP contribution in [0.2, 0.25) is 5.02 Å². The van der Waals surface area contributed by atoms with Crippen LogP contribution in [0.3, 0.4) is 0 Å². The van der Waals surface area contributed by atoms with E-state index in [0.29, 0.717) is 5.76 Å². The standard InChI is InChI=1S/C18H19ClN2O5/c1-11(21-17(23)14-7-3-4-8-15(14)19)18(24)26-12(2)16(22)20-10-13-6-5-9-25-13/h3-9,11-12H,10H2,1-2H3,(H,20,22)(H,21,23)/t11-,12+/m0/s1. The van der Waals surface area contributed by atoms with Crippen LogP contribution in [0.4, 0.5) is 0 Å². The number of hydrogen-bond acceptors (Lipinski definition) is 5. The van der Waals surface area contributed by atoms with Crippen LogP contribution in [0.5, 0.6) is 0 Å². The van der Waals surface area contributed by atoms with Crippen molar-refractivity contribution < 1.29 is 23.5 Å². The SMILES string of the molecule is C[C@H](NC(=O)c1ccccc1Cl)C(=O)O[C@H](C)C(=O)NCc1ccco1. The Bertz CT molecular complexity index is 776. The van der Waals surface area contributed by atoms with Gasteiger partial charge >= 0.3 is 5.97 Å². The van der Waals surface area contributed by atoms with E-state index < -0.39 is 29.9 Å². The summed E-state index contributed by atoms with van der Waals surface area (Å²) in [5.74, 6) is -1.13. The summed E-state index contributed by atoms with van der Waals surface area (Å²) in [6.45, 7) is 3.09. The molecule has 2 amide bonds. The fourth-order valence-corrected chi connectivity index (χ4v) is 2.26. The zero-order valence-corrected chi connectivity index (χ0v) is 15.1. The molecule has 0 aliphatic heterocycles. The van der Waals surface area contributed by atoms with Crippen LogP contribution in [-0.4, -0.2) is 29.9 Å². The average molecular weight is 379 g/mol. The van der Waals surface area contributed by atoms with Crippen molar-refractivity contribution >= 4 is 29.4 Å². The highest BCUT2D eigenvalue weighted by Gasteiger charge is 2.24. The second-order valence-corrected chi connectivity index (χ2v) is 5.96. The van der Waals surface area contributed by atoms with Gasteiger partial charge < -0.3 is 19.8 Å². The van der Waals surface area contributed by atoms with Crippen LogP contribution in [0.15, 0.2) is 47.1 Å². The van der Waals surface area contributed by atoms with Crippen molar-refractivity contribution in [1.82, 2.24) is 10.6 Å². The Balaban J connectivity index is 1.82. The number of nitrogens with one attached hydrogen (secondary N) is 2. The lowest BCUT2D eigenvalue weighted by molar-refractivity contribution is -0.156. The highest BCUT2D eigenvalue weighted by molar-refractivity contribution is 6.33. The molecular formula is C18H19ClN2O5. The van der Waals surface area contributed by atoms with E-state index >= 15 is 0 Å². The highest BCUT2D eigenvalue weighted by Crippen LogP contribution is 2.14. The van der Waals surface area contributed by atoms with Crippen LogP contribution in [-0.2, 0) is 20.9 Å². The van der Waals surface area contributed by atoms with E-state index in [1.807, 2.05) is 0 Å². The molecular weight excluding hydrogens is 360 g/mol. The Hall–Kier alpha value is -2.80. The quantitative estimate of drug-likeness (QED) is 0.720. The molecule has 1 aromatic carbocycles. The van der Waals surface area contributed by atoms with Crippen molar-refractivity contribution in [2.75, 3.05) is 0 Å². The largest absolute Gasteiger partial charge is 0.467 e. The van der Waals surface area contributed by atoms with Crippen molar-refractivity contribution in [3.05, 3.63) is 59.0 Å². The molecule has 0 aliphatic carbocycles. The fraction of sp³-hybridized carbons (Fsp3) is 0.278. The van der Waals surface area contributed by atoms with E-state index in [2.05, 4.69) is 10.6 Å². The molecule has 0 saturated carbocycles. The first-order chi connectivity index (χ1) is 12.4. The van der Waals surface area contributed by atoms with Crippen LogP contribution in [0.25, 0.3) is 0 Å². The maximum absolute atomic E-state index is 12.1. The topological polar surface area (TPSA) is 97.6 Å².